The maximum Gasteiger partial charge on any atom is 0.267 e. The first-order valence-electron chi connectivity index (χ1n) is 9.94. The van der Waals surface area contributed by atoms with Gasteiger partial charge in [0.1, 0.15) is 5.75 Å². The monoisotopic (exact) mass is 433 g/mol. The van der Waals surface area contributed by atoms with E-state index in [9.17, 15) is 13.2 Å². The number of aryl methyl sites for hydroxylation is 1. The molecular formula is C25H23NO4S. The van der Waals surface area contributed by atoms with Gasteiger partial charge in [0.05, 0.1) is 24.0 Å². The Morgan fingerprint density at radius 1 is 0.903 bits per heavy atom. The van der Waals surface area contributed by atoms with Gasteiger partial charge in [-0.3, -0.25) is 4.79 Å². The van der Waals surface area contributed by atoms with E-state index in [4.69, 9.17) is 4.74 Å². The summed E-state index contributed by atoms with van der Waals surface area (Å²) in [5.74, 6) is -0.252. The molecule has 3 aromatic carbocycles. The second-order valence-electron chi connectivity index (χ2n) is 7.47. The first kappa shape index (κ1) is 20.9. The lowest BCUT2D eigenvalue weighted by Crippen LogP contribution is -2.56. The highest BCUT2D eigenvalue weighted by molar-refractivity contribution is 7.89. The van der Waals surface area contributed by atoms with Gasteiger partial charge in [-0.1, -0.05) is 72.3 Å². The van der Waals surface area contributed by atoms with Gasteiger partial charge in [-0.2, -0.15) is 0 Å². The number of sulfonamides is 1. The highest BCUT2D eigenvalue weighted by Gasteiger charge is 2.53. The SMILES string of the molecule is COc1ccc(/C=C/[C@H]2C(=O)N(S(=O)(=O)c3ccc(C)cc3)[C@@H]2c2ccccc2)cc1. The molecule has 0 unspecified atom stereocenters. The van der Waals surface area contributed by atoms with Gasteiger partial charge in [0.15, 0.2) is 0 Å². The molecule has 5 nitrogen and oxygen atoms in total. The number of rotatable bonds is 6. The molecular weight excluding hydrogens is 410 g/mol. The van der Waals surface area contributed by atoms with Crippen molar-refractivity contribution in [2.75, 3.05) is 7.11 Å². The molecule has 2 atom stereocenters. The minimum absolute atomic E-state index is 0.116. The van der Waals surface area contributed by atoms with Crippen LogP contribution in [0.3, 0.4) is 0 Å². The summed E-state index contributed by atoms with van der Waals surface area (Å²) in [6.45, 7) is 1.89. The Labute approximate surface area is 182 Å². The van der Waals surface area contributed by atoms with Crippen molar-refractivity contribution < 1.29 is 17.9 Å². The summed E-state index contributed by atoms with van der Waals surface area (Å²) in [7, 11) is -2.35. The number of methoxy groups -OCH3 is 1. The Morgan fingerprint density at radius 2 is 1.55 bits per heavy atom. The van der Waals surface area contributed by atoms with Crippen molar-refractivity contribution in [2.45, 2.75) is 17.9 Å². The number of benzene rings is 3. The standard InChI is InChI=1S/C25H23NO4S/c1-18-8-15-22(16-9-18)31(28,29)26-24(20-6-4-3-5-7-20)23(25(26)27)17-12-19-10-13-21(30-2)14-11-19/h3-17,23-24H,1-2H3/b17-12+/t23-,24-/m1/s1. The second-order valence-corrected chi connectivity index (χ2v) is 9.28. The zero-order valence-electron chi connectivity index (χ0n) is 17.3. The fourth-order valence-corrected chi connectivity index (χ4v) is 5.30. The molecule has 0 bridgehead atoms. The van der Waals surface area contributed by atoms with Crippen LogP contribution in [-0.4, -0.2) is 25.7 Å². The van der Waals surface area contributed by atoms with Gasteiger partial charge in [0.25, 0.3) is 10.0 Å². The van der Waals surface area contributed by atoms with Crippen LogP contribution in [0.4, 0.5) is 0 Å². The minimum atomic E-state index is -3.96. The van der Waals surface area contributed by atoms with Gasteiger partial charge < -0.3 is 4.74 Å². The topological polar surface area (TPSA) is 63.7 Å². The van der Waals surface area contributed by atoms with Crippen LogP contribution in [0.2, 0.25) is 0 Å². The van der Waals surface area contributed by atoms with Crippen LogP contribution in [0.5, 0.6) is 5.75 Å². The number of hydrogen-bond donors (Lipinski definition) is 0. The summed E-state index contributed by atoms with van der Waals surface area (Å²) in [6.07, 6.45) is 3.62. The molecule has 0 spiro atoms. The Kier molecular flexibility index (Phi) is 5.65. The van der Waals surface area contributed by atoms with Crippen molar-refractivity contribution in [3.63, 3.8) is 0 Å². The molecule has 1 aliphatic heterocycles. The Balaban J connectivity index is 1.68. The number of nitrogens with zero attached hydrogens (tertiary/aromatic N) is 1. The van der Waals surface area contributed by atoms with E-state index in [-0.39, 0.29) is 4.90 Å². The minimum Gasteiger partial charge on any atom is -0.497 e. The van der Waals surface area contributed by atoms with Crippen LogP contribution in [-0.2, 0) is 14.8 Å². The molecule has 0 N–H and O–H groups in total. The fourth-order valence-electron chi connectivity index (χ4n) is 3.68. The summed E-state index contributed by atoms with van der Waals surface area (Å²) in [4.78, 5) is 13.1. The molecule has 31 heavy (non-hydrogen) atoms. The average Bonchev–Trinajstić information content (AvgIpc) is 2.78. The van der Waals surface area contributed by atoms with Gasteiger partial charge >= 0.3 is 0 Å². The maximum atomic E-state index is 13.3. The maximum absolute atomic E-state index is 13.3. The van der Waals surface area contributed by atoms with Crippen LogP contribution in [0, 0.1) is 12.8 Å². The van der Waals surface area contributed by atoms with Crippen molar-refractivity contribution in [1.29, 1.82) is 0 Å². The highest BCUT2D eigenvalue weighted by Crippen LogP contribution is 2.44. The van der Waals surface area contributed by atoms with E-state index in [2.05, 4.69) is 0 Å². The van der Waals surface area contributed by atoms with E-state index in [1.165, 1.54) is 0 Å². The van der Waals surface area contributed by atoms with Crippen LogP contribution >= 0.6 is 0 Å². The summed E-state index contributed by atoms with van der Waals surface area (Å²) < 4.78 is 32.7. The molecule has 0 radical (unpaired) electrons. The predicted molar refractivity (Wildman–Crippen MR) is 120 cm³/mol. The van der Waals surface area contributed by atoms with Gasteiger partial charge in [0, 0.05) is 0 Å². The highest BCUT2D eigenvalue weighted by atomic mass is 32.2. The molecule has 1 aliphatic rings. The number of β-lactam (4-membered cyclic amide) rings is 1. The molecule has 1 fully saturated rings. The van der Waals surface area contributed by atoms with Crippen molar-refractivity contribution in [1.82, 2.24) is 4.31 Å². The lowest BCUT2D eigenvalue weighted by Gasteiger charge is -2.45. The predicted octanol–water partition coefficient (Wildman–Crippen LogP) is 4.61. The molecule has 0 aliphatic carbocycles. The summed E-state index contributed by atoms with van der Waals surface area (Å²) in [6, 6.07) is 22.7. The molecule has 4 rings (SSSR count). The van der Waals surface area contributed by atoms with E-state index < -0.39 is 27.9 Å². The Morgan fingerprint density at radius 3 is 2.16 bits per heavy atom. The van der Waals surface area contributed by atoms with E-state index in [0.717, 1.165) is 26.7 Å². The van der Waals surface area contributed by atoms with Gasteiger partial charge in [-0.25, -0.2) is 12.7 Å². The van der Waals surface area contributed by atoms with Crippen molar-refractivity contribution in [2.24, 2.45) is 5.92 Å². The number of carbonyl (C=O) groups excluding carboxylic acids is 1. The average molecular weight is 434 g/mol. The van der Waals surface area contributed by atoms with Gasteiger partial charge in [0.2, 0.25) is 5.91 Å². The first-order valence-corrected chi connectivity index (χ1v) is 11.4. The second kappa shape index (κ2) is 8.40. The first-order chi connectivity index (χ1) is 14.9. The van der Waals surface area contributed by atoms with Crippen LogP contribution < -0.4 is 4.74 Å². The summed E-state index contributed by atoms with van der Waals surface area (Å²) >= 11 is 0. The molecule has 1 amide bonds. The molecule has 1 heterocycles. The molecule has 3 aromatic rings. The molecule has 1 saturated heterocycles. The molecule has 158 valence electrons. The number of amides is 1. The van der Waals surface area contributed by atoms with Crippen molar-refractivity contribution in [3.8, 4) is 5.75 Å². The number of hydrogen-bond acceptors (Lipinski definition) is 4. The van der Waals surface area contributed by atoms with Crippen LogP contribution in [0.15, 0.2) is 89.8 Å². The lowest BCUT2D eigenvalue weighted by atomic mass is 9.84. The zero-order valence-corrected chi connectivity index (χ0v) is 18.1. The van der Waals surface area contributed by atoms with E-state index in [1.807, 2.05) is 67.6 Å². The van der Waals surface area contributed by atoms with Gasteiger partial charge in [-0.05, 0) is 42.3 Å². The van der Waals surface area contributed by atoms with E-state index in [1.54, 1.807) is 37.5 Å². The summed E-state index contributed by atoms with van der Waals surface area (Å²) in [5.41, 5.74) is 2.64. The lowest BCUT2D eigenvalue weighted by molar-refractivity contribution is -0.143. The van der Waals surface area contributed by atoms with Crippen molar-refractivity contribution in [3.05, 3.63) is 102 Å². The van der Waals surface area contributed by atoms with E-state index in [0.29, 0.717) is 0 Å². The largest absolute Gasteiger partial charge is 0.497 e. The smallest absolute Gasteiger partial charge is 0.267 e. The molecule has 0 aromatic heterocycles. The van der Waals surface area contributed by atoms with E-state index >= 15 is 0 Å². The zero-order chi connectivity index (χ0) is 22.0. The Bertz CT molecular complexity index is 1200. The normalized spacial score (nSPS) is 18.8. The quantitative estimate of drug-likeness (QED) is 0.533. The van der Waals surface area contributed by atoms with Crippen molar-refractivity contribution >= 4 is 22.0 Å². The third-order valence-corrected chi connectivity index (χ3v) is 7.22. The van der Waals surface area contributed by atoms with Crippen LogP contribution in [0.25, 0.3) is 6.08 Å². The number of carbonyl (C=O) groups is 1. The van der Waals surface area contributed by atoms with Gasteiger partial charge in [-0.15, -0.1) is 0 Å². The van der Waals surface area contributed by atoms with Crippen LogP contribution in [0.1, 0.15) is 22.7 Å². The fraction of sp³-hybridized carbons (Fsp3) is 0.160. The third-order valence-electron chi connectivity index (χ3n) is 5.43. The number of ether oxygens (including phenoxy) is 1. The Hall–Kier alpha value is -3.38. The molecule has 6 heteroatoms. The summed E-state index contributed by atoms with van der Waals surface area (Å²) in [5, 5.41) is 0. The molecule has 0 saturated carbocycles. The third kappa shape index (κ3) is 3.99.